The molecule has 1 aromatic heterocycles. The third-order valence-corrected chi connectivity index (χ3v) is 8.33. The number of hydrogen-bond acceptors (Lipinski definition) is 7. The number of carbonyl (C=O) groups is 2. The van der Waals surface area contributed by atoms with Crippen molar-refractivity contribution in [2.45, 2.75) is 38.1 Å². The van der Waals surface area contributed by atoms with E-state index in [1.807, 2.05) is 48.1 Å². The Kier molecular flexibility index (Phi) is 9.06. The lowest BCUT2D eigenvalue weighted by molar-refractivity contribution is -0.144. The zero-order chi connectivity index (χ0) is 28.1. The number of rotatable bonds is 10. The van der Waals surface area contributed by atoms with Crippen molar-refractivity contribution in [3.63, 3.8) is 0 Å². The van der Waals surface area contributed by atoms with Crippen LogP contribution in [0, 0.1) is 5.92 Å². The van der Waals surface area contributed by atoms with Gasteiger partial charge in [-0.2, -0.15) is 5.10 Å². The largest absolute Gasteiger partial charge is 0.497 e. The lowest BCUT2D eigenvalue weighted by Crippen LogP contribution is -2.48. The third kappa shape index (κ3) is 6.18. The Morgan fingerprint density at radius 1 is 1.10 bits per heavy atom. The molecule has 2 fully saturated rings. The second-order valence-corrected chi connectivity index (χ2v) is 10.8. The van der Waals surface area contributed by atoms with Crippen molar-refractivity contribution in [3.8, 4) is 11.5 Å². The van der Waals surface area contributed by atoms with Gasteiger partial charge in [-0.05, 0) is 43.2 Å². The minimum absolute atomic E-state index is 0.00669. The van der Waals surface area contributed by atoms with Gasteiger partial charge in [0.25, 0.3) is 5.91 Å². The van der Waals surface area contributed by atoms with E-state index in [4.69, 9.17) is 19.3 Å². The normalized spacial score (nSPS) is 20.0. The van der Waals surface area contributed by atoms with Crippen LogP contribution < -0.4 is 9.47 Å². The van der Waals surface area contributed by atoms with Gasteiger partial charge in [-0.3, -0.25) is 14.5 Å². The van der Waals surface area contributed by atoms with Crippen molar-refractivity contribution in [2.24, 2.45) is 18.1 Å². The van der Waals surface area contributed by atoms with Crippen LogP contribution in [0.25, 0.3) is 0 Å². The Labute approximate surface area is 236 Å². The average Bonchev–Trinajstić information content (AvgIpc) is 3.76. The first-order valence-corrected chi connectivity index (χ1v) is 14.3. The summed E-state index contributed by atoms with van der Waals surface area (Å²) < 4.78 is 18.7. The number of aromatic nitrogens is 1. The van der Waals surface area contributed by atoms with Crippen molar-refractivity contribution in [2.75, 3.05) is 60.2 Å². The molecule has 1 atom stereocenters. The van der Waals surface area contributed by atoms with Crippen LogP contribution >= 0.6 is 0 Å². The zero-order valence-corrected chi connectivity index (χ0v) is 23.9. The second-order valence-electron chi connectivity index (χ2n) is 10.8. The van der Waals surface area contributed by atoms with Crippen molar-refractivity contribution in [1.82, 2.24) is 19.4 Å². The molecular formula is C30H41N5O5. The van der Waals surface area contributed by atoms with Crippen LogP contribution in [0.15, 0.2) is 41.6 Å². The molecule has 1 aromatic carbocycles. The molecule has 0 radical (unpaired) electrons. The smallest absolute Gasteiger partial charge is 0.262 e. The molecule has 3 heterocycles. The van der Waals surface area contributed by atoms with Gasteiger partial charge in [0.15, 0.2) is 0 Å². The van der Waals surface area contributed by atoms with Crippen LogP contribution in [-0.2, 0) is 21.4 Å². The van der Waals surface area contributed by atoms with Crippen molar-refractivity contribution < 1.29 is 23.8 Å². The van der Waals surface area contributed by atoms with Crippen LogP contribution in [0.4, 0.5) is 0 Å². The minimum atomic E-state index is -0.384. The number of ether oxygens (including phenoxy) is 3. The van der Waals surface area contributed by atoms with Crippen LogP contribution in [0.1, 0.15) is 49.4 Å². The molecule has 1 saturated heterocycles. The molecule has 0 bridgehead atoms. The van der Waals surface area contributed by atoms with Crippen LogP contribution in [0.3, 0.4) is 0 Å². The predicted octanol–water partition coefficient (Wildman–Crippen LogP) is 3.07. The molecule has 1 aliphatic carbocycles. The molecule has 5 rings (SSSR count). The summed E-state index contributed by atoms with van der Waals surface area (Å²) in [5, 5.41) is 6.42. The van der Waals surface area contributed by atoms with E-state index in [0.29, 0.717) is 37.7 Å². The summed E-state index contributed by atoms with van der Waals surface area (Å²) >= 11 is 0. The Bertz CT molecular complexity index is 1210. The SMILES string of the molecule is COc1ccc(OC)c(C2CC(c3cccn3C)=NN2C(=O)CN(CCN2CCOCC2)C(=O)C2CCCC2)c1. The molecule has 3 aliphatic rings. The number of nitrogens with zero attached hydrogens (tertiary/aromatic N) is 5. The third-order valence-electron chi connectivity index (χ3n) is 8.33. The van der Waals surface area contributed by atoms with E-state index in [2.05, 4.69) is 4.90 Å². The minimum Gasteiger partial charge on any atom is -0.497 e. The number of amides is 2. The molecule has 10 heteroatoms. The highest BCUT2D eigenvalue weighted by molar-refractivity contribution is 6.02. The van der Waals surface area contributed by atoms with E-state index in [9.17, 15) is 9.59 Å². The van der Waals surface area contributed by atoms with Crippen LogP contribution in [0.5, 0.6) is 11.5 Å². The number of carbonyl (C=O) groups excluding carboxylic acids is 2. The Morgan fingerprint density at radius 3 is 2.55 bits per heavy atom. The van der Waals surface area contributed by atoms with E-state index in [1.54, 1.807) is 24.1 Å². The Morgan fingerprint density at radius 2 is 1.88 bits per heavy atom. The number of benzene rings is 1. The maximum atomic E-state index is 14.1. The van der Waals surface area contributed by atoms with Gasteiger partial charge in [0.1, 0.15) is 18.0 Å². The first-order valence-electron chi connectivity index (χ1n) is 14.3. The highest BCUT2D eigenvalue weighted by Gasteiger charge is 2.38. The summed E-state index contributed by atoms with van der Waals surface area (Å²) in [7, 11) is 5.21. The zero-order valence-electron chi connectivity index (χ0n) is 23.9. The van der Waals surface area contributed by atoms with Gasteiger partial charge in [0, 0.05) is 57.3 Å². The monoisotopic (exact) mass is 551 g/mol. The molecule has 216 valence electrons. The summed E-state index contributed by atoms with van der Waals surface area (Å²) in [4.78, 5) is 31.8. The molecule has 0 N–H and O–H groups in total. The topological polar surface area (TPSA) is 88.8 Å². The van der Waals surface area contributed by atoms with E-state index in [1.165, 1.54) is 0 Å². The molecular weight excluding hydrogens is 510 g/mol. The number of aryl methyl sites for hydroxylation is 1. The van der Waals surface area contributed by atoms with Crippen molar-refractivity contribution in [1.29, 1.82) is 0 Å². The van der Waals surface area contributed by atoms with E-state index in [-0.39, 0.29) is 30.3 Å². The van der Waals surface area contributed by atoms with Gasteiger partial charge in [-0.25, -0.2) is 5.01 Å². The molecule has 2 aliphatic heterocycles. The highest BCUT2D eigenvalue weighted by atomic mass is 16.5. The number of hydrazone groups is 1. The first-order chi connectivity index (χ1) is 19.5. The van der Waals surface area contributed by atoms with Gasteiger partial charge in [0.2, 0.25) is 5.91 Å². The summed E-state index contributed by atoms with van der Waals surface area (Å²) in [6.45, 7) is 4.30. The maximum absolute atomic E-state index is 14.1. The lowest BCUT2D eigenvalue weighted by atomic mass is 9.99. The summed E-state index contributed by atoms with van der Waals surface area (Å²) in [5.41, 5.74) is 2.59. The van der Waals surface area contributed by atoms with Gasteiger partial charge < -0.3 is 23.7 Å². The maximum Gasteiger partial charge on any atom is 0.262 e. The molecule has 0 spiro atoms. The van der Waals surface area contributed by atoms with Gasteiger partial charge in [-0.15, -0.1) is 0 Å². The summed E-state index contributed by atoms with van der Waals surface area (Å²) in [6.07, 6.45) is 6.41. The molecule has 2 amide bonds. The fraction of sp³-hybridized carbons (Fsp3) is 0.567. The predicted molar refractivity (Wildman–Crippen MR) is 151 cm³/mol. The van der Waals surface area contributed by atoms with Gasteiger partial charge in [0.05, 0.1) is 44.9 Å². The number of morpholine rings is 1. The van der Waals surface area contributed by atoms with Gasteiger partial charge in [-0.1, -0.05) is 12.8 Å². The molecule has 1 unspecified atom stereocenters. The van der Waals surface area contributed by atoms with E-state index in [0.717, 1.165) is 62.3 Å². The lowest BCUT2D eigenvalue weighted by Gasteiger charge is -2.32. The van der Waals surface area contributed by atoms with Gasteiger partial charge >= 0.3 is 0 Å². The Balaban J connectivity index is 1.42. The molecule has 40 heavy (non-hydrogen) atoms. The summed E-state index contributed by atoms with van der Waals surface area (Å²) in [6, 6.07) is 9.20. The number of methoxy groups -OCH3 is 2. The molecule has 10 nitrogen and oxygen atoms in total. The molecule has 2 aromatic rings. The Hall–Kier alpha value is -3.37. The van der Waals surface area contributed by atoms with E-state index >= 15 is 0 Å². The average molecular weight is 552 g/mol. The van der Waals surface area contributed by atoms with Crippen molar-refractivity contribution >= 4 is 17.5 Å². The molecule has 1 saturated carbocycles. The fourth-order valence-electron chi connectivity index (χ4n) is 6.02. The van der Waals surface area contributed by atoms with Crippen LogP contribution in [-0.4, -0.2) is 97.1 Å². The first kappa shape index (κ1) is 28.2. The van der Waals surface area contributed by atoms with Crippen molar-refractivity contribution in [3.05, 3.63) is 47.8 Å². The van der Waals surface area contributed by atoms with E-state index < -0.39 is 0 Å². The quantitative estimate of drug-likeness (QED) is 0.451. The number of hydrogen-bond donors (Lipinski definition) is 0. The highest BCUT2D eigenvalue weighted by Crippen LogP contribution is 2.39. The fourth-order valence-corrected chi connectivity index (χ4v) is 6.02. The second kappa shape index (κ2) is 12.9. The standard InChI is InChI=1S/C30H41N5O5/c1-32-12-6-9-26(32)25-20-27(24-19-23(38-2)10-11-28(24)39-3)35(31-25)29(36)21-34(30(37)22-7-4-5-8-22)14-13-33-15-17-40-18-16-33/h6,9-12,19,22,27H,4-5,7-8,13-18,20-21H2,1-3H3. The summed E-state index contributed by atoms with van der Waals surface area (Å²) in [5.74, 6) is 1.22. The van der Waals surface area contributed by atoms with Crippen LogP contribution in [0.2, 0.25) is 0 Å².